The van der Waals surface area contributed by atoms with Crippen molar-refractivity contribution in [2.75, 3.05) is 0 Å². The Kier molecular flexibility index (Phi) is 6.56. The first-order chi connectivity index (χ1) is 25.0. The van der Waals surface area contributed by atoms with E-state index >= 15 is 0 Å². The highest BCUT2D eigenvalue weighted by atomic mass is 14.9. The van der Waals surface area contributed by atoms with E-state index < -0.39 is 0 Å². The fourth-order valence-corrected chi connectivity index (χ4v) is 8.31. The molecule has 8 aromatic carbocycles. The fraction of sp³-hybridized carbons (Fsp3) is 0.0612. The maximum absolute atomic E-state index is 5.03. The second kappa shape index (κ2) is 11.3. The summed E-state index contributed by atoms with van der Waals surface area (Å²) in [5, 5.41) is 7.87. The molecule has 0 fully saturated rings. The van der Waals surface area contributed by atoms with Crippen LogP contribution in [0.5, 0.6) is 0 Å². The molecule has 0 unspecified atom stereocenters. The van der Waals surface area contributed by atoms with Gasteiger partial charge in [-0.3, -0.25) is 0 Å². The summed E-state index contributed by atoms with van der Waals surface area (Å²) >= 11 is 0. The van der Waals surface area contributed by atoms with E-state index in [2.05, 4.69) is 159 Å². The molecular weight excluding hydrogens is 617 g/mol. The van der Waals surface area contributed by atoms with Gasteiger partial charge in [0.2, 0.25) is 0 Å². The van der Waals surface area contributed by atoms with Crippen molar-refractivity contribution in [1.29, 1.82) is 0 Å². The van der Waals surface area contributed by atoms with Crippen LogP contribution in [0.3, 0.4) is 0 Å². The molecule has 0 bridgehead atoms. The average Bonchev–Trinajstić information content (AvgIpc) is 3.43. The topological polar surface area (TPSA) is 25.8 Å². The van der Waals surface area contributed by atoms with Crippen LogP contribution in [0.2, 0.25) is 0 Å². The number of nitrogens with zero attached hydrogens (tertiary/aromatic N) is 2. The lowest BCUT2D eigenvalue weighted by Crippen LogP contribution is -2.15. The van der Waals surface area contributed by atoms with E-state index in [0.717, 1.165) is 33.9 Å². The standard InChI is InChI=1S/C49H34N2/c1-49(2)43-29-37-27-35(25-26-36(37)28-42(43)46-40-19-11-9-17-38(40)39-18-10-12-20-41(39)47(46)49)31-21-23-33(24-22-31)45-30-44(32-13-5-3-6-14-32)50-48(51-45)34-15-7-4-8-16-34/h3-30H,1-2H3. The first kappa shape index (κ1) is 29.5. The Morgan fingerprint density at radius 2 is 0.922 bits per heavy atom. The van der Waals surface area contributed by atoms with Crippen molar-refractivity contribution in [3.63, 3.8) is 0 Å². The second-order valence-electron chi connectivity index (χ2n) is 14.2. The van der Waals surface area contributed by atoms with Crippen LogP contribution in [0.4, 0.5) is 0 Å². The van der Waals surface area contributed by atoms with E-state index in [-0.39, 0.29) is 5.41 Å². The maximum Gasteiger partial charge on any atom is 0.160 e. The van der Waals surface area contributed by atoms with Crippen molar-refractivity contribution in [3.05, 3.63) is 181 Å². The molecule has 51 heavy (non-hydrogen) atoms. The normalized spacial score (nSPS) is 13.1. The minimum Gasteiger partial charge on any atom is -0.228 e. The predicted molar refractivity (Wildman–Crippen MR) is 214 cm³/mol. The lowest BCUT2D eigenvalue weighted by molar-refractivity contribution is 0.667. The molecule has 1 heterocycles. The molecule has 240 valence electrons. The Balaban J connectivity index is 1.06. The van der Waals surface area contributed by atoms with Crippen LogP contribution < -0.4 is 0 Å². The number of aromatic nitrogens is 2. The Morgan fingerprint density at radius 3 is 1.61 bits per heavy atom. The van der Waals surface area contributed by atoms with E-state index in [4.69, 9.17) is 9.97 Å². The number of benzene rings is 8. The van der Waals surface area contributed by atoms with Gasteiger partial charge in [-0.15, -0.1) is 0 Å². The quantitative estimate of drug-likeness (QED) is 0.177. The molecule has 2 heteroatoms. The van der Waals surface area contributed by atoms with Crippen LogP contribution in [-0.2, 0) is 5.41 Å². The van der Waals surface area contributed by atoms with E-state index in [1.165, 1.54) is 65.7 Å². The van der Waals surface area contributed by atoms with Gasteiger partial charge in [0.25, 0.3) is 0 Å². The third kappa shape index (κ3) is 4.71. The molecule has 9 aromatic rings. The summed E-state index contributed by atoms with van der Waals surface area (Å²) < 4.78 is 0. The van der Waals surface area contributed by atoms with Crippen molar-refractivity contribution in [1.82, 2.24) is 9.97 Å². The van der Waals surface area contributed by atoms with Gasteiger partial charge in [-0.05, 0) is 90.0 Å². The Bertz CT molecular complexity index is 2740. The van der Waals surface area contributed by atoms with Crippen LogP contribution in [-0.4, -0.2) is 9.97 Å². The summed E-state index contributed by atoms with van der Waals surface area (Å²) in [5.41, 5.74) is 12.8. The van der Waals surface area contributed by atoms with E-state index in [9.17, 15) is 0 Å². The molecule has 0 saturated heterocycles. The largest absolute Gasteiger partial charge is 0.228 e. The third-order valence-corrected chi connectivity index (χ3v) is 10.8. The Morgan fingerprint density at radius 1 is 0.392 bits per heavy atom. The zero-order valence-corrected chi connectivity index (χ0v) is 28.6. The second-order valence-corrected chi connectivity index (χ2v) is 14.2. The molecule has 0 aliphatic heterocycles. The highest BCUT2D eigenvalue weighted by Gasteiger charge is 2.38. The van der Waals surface area contributed by atoms with Gasteiger partial charge in [-0.2, -0.15) is 0 Å². The van der Waals surface area contributed by atoms with Crippen LogP contribution in [0.15, 0.2) is 170 Å². The summed E-state index contributed by atoms with van der Waals surface area (Å²) in [7, 11) is 0. The van der Waals surface area contributed by atoms with Crippen LogP contribution in [0.25, 0.3) is 88.5 Å². The molecule has 1 aliphatic carbocycles. The summed E-state index contributed by atoms with van der Waals surface area (Å²) in [6, 6.07) is 61.1. The average molecular weight is 651 g/mol. The molecule has 1 aliphatic rings. The van der Waals surface area contributed by atoms with Gasteiger partial charge >= 0.3 is 0 Å². The van der Waals surface area contributed by atoms with Crippen molar-refractivity contribution < 1.29 is 0 Å². The lowest BCUT2D eigenvalue weighted by Gasteiger charge is -2.24. The first-order valence-corrected chi connectivity index (χ1v) is 17.7. The van der Waals surface area contributed by atoms with Gasteiger partial charge < -0.3 is 0 Å². The van der Waals surface area contributed by atoms with Gasteiger partial charge in [0.1, 0.15) is 0 Å². The Hall–Kier alpha value is -6.38. The fourth-order valence-electron chi connectivity index (χ4n) is 8.31. The number of fused-ring (bicyclic) bond motifs is 9. The van der Waals surface area contributed by atoms with E-state index in [1.807, 2.05) is 24.3 Å². The number of rotatable bonds is 4. The summed E-state index contributed by atoms with van der Waals surface area (Å²) in [4.78, 5) is 9.99. The van der Waals surface area contributed by atoms with Crippen molar-refractivity contribution >= 4 is 32.3 Å². The Labute approximate surface area is 297 Å². The zero-order valence-electron chi connectivity index (χ0n) is 28.6. The van der Waals surface area contributed by atoms with Crippen LogP contribution in [0, 0.1) is 0 Å². The maximum atomic E-state index is 5.03. The van der Waals surface area contributed by atoms with Gasteiger partial charge in [-0.25, -0.2) is 9.97 Å². The molecule has 0 spiro atoms. The van der Waals surface area contributed by atoms with Crippen molar-refractivity contribution in [2.24, 2.45) is 0 Å². The minimum atomic E-state index is -0.130. The third-order valence-electron chi connectivity index (χ3n) is 10.8. The molecule has 0 atom stereocenters. The SMILES string of the molecule is CC1(C)c2cc3cc(-c4ccc(-c5cc(-c6ccccc6)nc(-c6ccccc6)n5)cc4)ccc3cc2-c2c1c1ccccc1c1ccccc21. The van der Waals surface area contributed by atoms with Crippen molar-refractivity contribution in [3.8, 4) is 56.2 Å². The van der Waals surface area contributed by atoms with Gasteiger partial charge in [0.15, 0.2) is 5.82 Å². The molecule has 10 rings (SSSR count). The zero-order chi connectivity index (χ0) is 34.1. The number of hydrogen-bond donors (Lipinski definition) is 0. The lowest BCUT2D eigenvalue weighted by atomic mass is 9.79. The summed E-state index contributed by atoms with van der Waals surface area (Å²) in [6.45, 7) is 4.79. The molecule has 0 saturated carbocycles. The molecule has 0 radical (unpaired) electrons. The highest BCUT2D eigenvalue weighted by molar-refractivity contribution is 6.19. The summed E-state index contributed by atoms with van der Waals surface area (Å²) in [5.74, 6) is 0.726. The van der Waals surface area contributed by atoms with Gasteiger partial charge in [0.05, 0.1) is 11.4 Å². The van der Waals surface area contributed by atoms with Gasteiger partial charge in [0, 0.05) is 22.1 Å². The first-order valence-electron chi connectivity index (χ1n) is 17.7. The monoisotopic (exact) mass is 650 g/mol. The predicted octanol–water partition coefficient (Wildman–Crippen LogP) is 12.9. The molecule has 0 N–H and O–H groups in total. The van der Waals surface area contributed by atoms with Crippen molar-refractivity contribution in [2.45, 2.75) is 19.3 Å². The molecular formula is C49H34N2. The molecule has 0 amide bonds. The minimum absolute atomic E-state index is 0.130. The van der Waals surface area contributed by atoms with E-state index in [0.29, 0.717) is 0 Å². The van der Waals surface area contributed by atoms with Gasteiger partial charge in [-0.1, -0.05) is 159 Å². The van der Waals surface area contributed by atoms with Crippen LogP contribution in [0.1, 0.15) is 25.0 Å². The molecule has 2 nitrogen and oxygen atoms in total. The van der Waals surface area contributed by atoms with E-state index in [1.54, 1.807) is 0 Å². The van der Waals surface area contributed by atoms with Crippen LogP contribution >= 0.6 is 0 Å². The smallest absolute Gasteiger partial charge is 0.160 e. The molecule has 1 aromatic heterocycles. The summed E-state index contributed by atoms with van der Waals surface area (Å²) in [6.07, 6.45) is 0. The number of hydrogen-bond acceptors (Lipinski definition) is 2. The highest BCUT2D eigenvalue weighted by Crippen LogP contribution is 2.55.